The lowest BCUT2D eigenvalue weighted by atomic mass is 9.73. The first kappa shape index (κ1) is 21.2. The van der Waals surface area contributed by atoms with Crippen LogP contribution in [-0.2, 0) is 19.7 Å². The topological polar surface area (TPSA) is 59.1 Å². The summed E-state index contributed by atoms with van der Waals surface area (Å²) in [4.78, 5) is 29.8. The van der Waals surface area contributed by atoms with Gasteiger partial charge in [-0.25, -0.2) is 9.18 Å². The highest BCUT2D eigenvalue weighted by Crippen LogP contribution is 2.41. The quantitative estimate of drug-likeness (QED) is 0.693. The summed E-state index contributed by atoms with van der Waals surface area (Å²) in [6.45, 7) is 2.03. The monoisotopic (exact) mass is 458 g/mol. The molecule has 1 unspecified atom stereocenters. The van der Waals surface area contributed by atoms with Gasteiger partial charge in [-0.2, -0.15) is 0 Å². The Hall–Kier alpha value is -2.64. The lowest BCUT2D eigenvalue weighted by molar-refractivity contribution is -0.141. The molecule has 0 bridgehead atoms. The number of amides is 2. The predicted octanol–water partition coefficient (Wildman–Crippen LogP) is 4.16. The van der Waals surface area contributed by atoms with E-state index in [1.165, 1.54) is 12.1 Å². The minimum absolute atomic E-state index is 0.0551. The summed E-state index contributed by atoms with van der Waals surface area (Å²) in [6, 6.07) is 13.4. The Bertz CT molecular complexity index is 1060. The smallest absolute Gasteiger partial charge is 0.415 e. The van der Waals surface area contributed by atoms with Crippen LogP contribution in [0.5, 0.6) is 0 Å². The third kappa shape index (κ3) is 3.63. The summed E-state index contributed by atoms with van der Waals surface area (Å²) in [7, 11) is 0. The van der Waals surface area contributed by atoms with Crippen molar-refractivity contribution in [2.45, 2.75) is 30.3 Å². The predicted molar refractivity (Wildman–Crippen MR) is 117 cm³/mol. The SMILES string of the molecule is O=C1OC2(CCN(C(=O)C3(c4cccc(F)c4)CCOCC3)C2)CN1c1cccc(Cl)c1. The van der Waals surface area contributed by atoms with Crippen LogP contribution in [0.25, 0.3) is 0 Å². The van der Waals surface area contributed by atoms with Gasteiger partial charge in [0.1, 0.15) is 5.82 Å². The van der Waals surface area contributed by atoms with Crippen LogP contribution in [0.1, 0.15) is 24.8 Å². The minimum atomic E-state index is -0.832. The van der Waals surface area contributed by atoms with Crippen molar-refractivity contribution in [3.8, 4) is 0 Å². The number of likely N-dealkylation sites (tertiary alicyclic amines) is 1. The van der Waals surface area contributed by atoms with E-state index in [-0.39, 0.29) is 11.7 Å². The first-order valence-electron chi connectivity index (χ1n) is 10.8. The van der Waals surface area contributed by atoms with E-state index in [2.05, 4.69) is 0 Å². The number of halogens is 2. The fourth-order valence-corrected chi connectivity index (χ4v) is 5.32. The number of hydrogen-bond acceptors (Lipinski definition) is 4. The molecule has 5 rings (SSSR count). The van der Waals surface area contributed by atoms with E-state index in [9.17, 15) is 14.0 Å². The van der Waals surface area contributed by atoms with Gasteiger partial charge < -0.3 is 14.4 Å². The molecule has 0 saturated carbocycles. The van der Waals surface area contributed by atoms with Crippen LogP contribution in [-0.4, -0.2) is 55.3 Å². The Morgan fingerprint density at radius 1 is 1.03 bits per heavy atom. The highest BCUT2D eigenvalue weighted by atomic mass is 35.5. The highest BCUT2D eigenvalue weighted by Gasteiger charge is 2.54. The number of nitrogens with zero attached hydrogens (tertiary/aromatic N) is 2. The van der Waals surface area contributed by atoms with Gasteiger partial charge in [0.2, 0.25) is 5.91 Å². The van der Waals surface area contributed by atoms with Gasteiger partial charge in [0.05, 0.1) is 18.5 Å². The van der Waals surface area contributed by atoms with E-state index in [0.717, 1.165) is 0 Å². The minimum Gasteiger partial charge on any atom is -0.439 e. The van der Waals surface area contributed by atoms with Crippen LogP contribution in [0.15, 0.2) is 48.5 Å². The van der Waals surface area contributed by atoms with Crippen LogP contribution in [0.2, 0.25) is 5.02 Å². The van der Waals surface area contributed by atoms with Gasteiger partial charge in [0, 0.05) is 36.9 Å². The molecule has 2 aromatic rings. The van der Waals surface area contributed by atoms with Crippen LogP contribution in [0.3, 0.4) is 0 Å². The molecule has 0 aliphatic carbocycles. The van der Waals surface area contributed by atoms with Crippen molar-refractivity contribution in [3.05, 3.63) is 64.9 Å². The molecule has 2 amide bonds. The van der Waals surface area contributed by atoms with Gasteiger partial charge in [0.15, 0.2) is 5.60 Å². The Balaban J connectivity index is 1.38. The lowest BCUT2D eigenvalue weighted by Gasteiger charge is -2.39. The van der Waals surface area contributed by atoms with Crippen LogP contribution in [0.4, 0.5) is 14.9 Å². The number of anilines is 1. The summed E-state index contributed by atoms with van der Waals surface area (Å²) >= 11 is 6.09. The molecule has 32 heavy (non-hydrogen) atoms. The Kier molecular flexibility index (Phi) is 5.34. The molecule has 3 heterocycles. The van der Waals surface area contributed by atoms with Gasteiger partial charge in [-0.1, -0.05) is 29.8 Å². The molecule has 3 fully saturated rings. The highest BCUT2D eigenvalue weighted by molar-refractivity contribution is 6.30. The van der Waals surface area contributed by atoms with Crippen molar-refractivity contribution in [3.63, 3.8) is 0 Å². The Morgan fingerprint density at radius 2 is 1.81 bits per heavy atom. The zero-order valence-corrected chi connectivity index (χ0v) is 18.3. The van der Waals surface area contributed by atoms with Gasteiger partial charge in [0.25, 0.3) is 0 Å². The molecule has 0 aromatic heterocycles. The van der Waals surface area contributed by atoms with Crippen molar-refractivity contribution in [2.24, 2.45) is 0 Å². The third-order valence-corrected chi connectivity index (χ3v) is 7.06. The average Bonchev–Trinajstić information content (AvgIpc) is 3.36. The molecular formula is C24H24ClFN2O4. The van der Waals surface area contributed by atoms with Gasteiger partial charge >= 0.3 is 6.09 Å². The maximum absolute atomic E-state index is 14.0. The average molecular weight is 459 g/mol. The molecule has 1 atom stereocenters. The standard InChI is InChI=1S/C24H24ClFN2O4/c25-18-4-2-6-20(14-18)28-16-23(32-22(28)30)7-10-27(15-23)21(29)24(8-11-31-12-9-24)17-3-1-5-19(26)13-17/h1-6,13-14H,7-12,15-16H2. The summed E-state index contributed by atoms with van der Waals surface area (Å²) in [6.07, 6.45) is 1.10. The number of hydrogen-bond donors (Lipinski definition) is 0. The van der Waals surface area contributed by atoms with E-state index in [4.69, 9.17) is 21.1 Å². The molecule has 1 spiro atoms. The van der Waals surface area contributed by atoms with Gasteiger partial charge in [-0.15, -0.1) is 0 Å². The molecule has 0 N–H and O–H groups in total. The zero-order chi connectivity index (χ0) is 22.3. The third-order valence-electron chi connectivity index (χ3n) is 6.83. The van der Waals surface area contributed by atoms with Crippen molar-refractivity contribution in [1.29, 1.82) is 0 Å². The Morgan fingerprint density at radius 3 is 2.56 bits per heavy atom. The Labute approximate surface area is 190 Å². The molecular weight excluding hydrogens is 435 g/mol. The summed E-state index contributed by atoms with van der Waals surface area (Å²) in [5, 5.41) is 0.538. The molecule has 8 heteroatoms. The maximum Gasteiger partial charge on any atom is 0.415 e. The van der Waals surface area contributed by atoms with Crippen LogP contribution >= 0.6 is 11.6 Å². The van der Waals surface area contributed by atoms with Crippen molar-refractivity contribution in [2.75, 3.05) is 37.7 Å². The first-order chi connectivity index (χ1) is 15.4. The van der Waals surface area contributed by atoms with Crippen LogP contribution in [0, 0.1) is 5.82 Å². The second kappa shape index (κ2) is 8.05. The fourth-order valence-electron chi connectivity index (χ4n) is 5.13. The van der Waals surface area contributed by atoms with Crippen molar-refractivity contribution < 1.29 is 23.5 Å². The van der Waals surface area contributed by atoms with Gasteiger partial charge in [-0.05, 0) is 48.7 Å². The molecule has 3 aliphatic rings. The second-order valence-electron chi connectivity index (χ2n) is 8.80. The second-order valence-corrected chi connectivity index (χ2v) is 9.23. The van der Waals surface area contributed by atoms with E-state index < -0.39 is 17.1 Å². The first-order valence-corrected chi connectivity index (χ1v) is 11.2. The number of ether oxygens (including phenoxy) is 2. The summed E-state index contributed by atoms with van der Waals surface area (Å²) in [5.41, 5.74) is -0.245. The normalized spacial score (nSPS) is 24.8. The molecule has 0 radical (unpaired) electrons. The molecule has 6 nitrogen and oxygen atoms in total. The van der Waals surface area contributed by atoms with E-state index in [0.29, 0.717) is 68.4 Å². The summed E-state index contributed by atoms with van der Waals surface area (Å²) < 4.78 is 25.3. The molecule has 3 saturated heterocycles. The molecule has 2 aromatic carbocycles. The number of benzene rings is 2. The molecule has 3 aliphatic heterocycles. The largest absolute Gasteiger partial charge is 0.439 e. The summed E-state index contributed by atoms with van der Waals surface area (Å²) in [5.74, 6) is -0.415. The number of carbonyl (C=O) groups is 2. The van der Waals surface area contributed by atoms with E-state index >= 15 is 0 Å². The van der Waals surface area contributed by atoms with Gasteiger partial charge in [-0.3, -0.25) is 9.69 Å². The van der Waals surface area contributed by atoms with E-state index in [1.807, 2.05) is 12.1 Å². The number of carbonyl (C=O) groups excluding carboxylic acids is 2. The van der Waals surface area contributed by atoms with Crippen molar-refractivity contribution in [1.82, 2.24) is 4.90 Å². The fraction of sp³-hybridized carbons (Fsp3) is 0.417. The number of rotatable bonds is 3. The maximum atomic E-state index is 14.0. The van der Waals surface area contributed by atoms with Crippen LogP contribution < -0.4 is 4.90 Å². The van der Waals surface area contributed by atoms with E-state index in [1.54, 1.807) is 34.1 Å². The molecule has 168 valence electrons. The lowest BCUT2D eigenvalue weighted by Crippen LogP contribution is -2.50. The zero-order valence-electron chi connectivity index (χ0n) is 17.6. The van der Waals surface area contributed by atoms with Crippen molar-refractivity contribution >= 4 is 29.3 Å².